The molecule has 0 saturated carbocycles. The Hall–Kier alpha value is -2.15. The third-order valence-corrected chi connectivity index (χ3v) is 8.33. The van der Waals surface area contributed by atoms with Crippen molar-refractivity contribution in [3.8, 4) is 0 Å². The predicted octanol–water partition coefficient (Wildman–Crippen LogP) is 6.88. The average Bonchev–Trinajstić information content (AvgIpc) is 3.21. The molecule has 3 aromatic carbocycles. The summed E-state index contributed by atoms with van der Waals surface area (Å²) < 4.78 is 1.77. The molecule has 3 nitrogen and oxygen atoms in total. The van der Waals surface area contributed by atoms with E-state index in [0.717, 1.165) is 31.1 Å². The second-order valence-electron chi connectivity index (χ2n) is 7.22. The fourth-order valence-corrected chi connectivity index (χ4v) is 6.25. The van der Waals surface area contributed by atoms with Crippen LogP contribution in [0.3, 0.4) is 0 Å². The molecule has 4 aromatic rings. The van der Waals surface area contributed by atoms with E-state index < -0.39 is 0 Å². The molecule has 0 N–H and O–H groups in total. The highest BCUT2D eigenvalue weighted by Crippen LogP contribution is 2.32. The summed E-state index contributed by atoms with van der Waals surface area (Å²) in [6, 6.07) is 18.9. The van der Waals surface area contributed by atoms with E-state index in [2.05, 4.69) is 65.7 Å². The van der Waals surface area contributed by atoms with E-state index in [4.69, 9.17) is 0 Å². The monoisotopic (exact) mass is 450 g/mol. The molecule has 1 heterocycles. The smallest absolute Gasteiger partial charge is 0.175 e. The number of Topliss-reactive ketones (excluding diaryl/α,β-unsaturated/α-hetero) is 1. The number of nitrogens with zero attached hydrogens (tertiary/aromatic N) is 2. The normalized spacial score (nSPS) is 11.2. The number of carbonyl (C=O) groups is 1. The van der Waals surface area contributed by atoms with Gasteiger partial charge in [0, 0.05) is 11.3 Å². The zero-order valence-electron chi connectivity index (χ0n) is 17.1. The Morgan fingerprint density at radius 2 is 1.57 bits per heavy atom. The van der Waals surface area contributed by atoms with Gasteiger partial charge >= 0.3 is 0 Å². The van der Waals surface area contributed by atoms with Crippen LogP contribution in [0.2, 0.25) is 0 Å². The molecule has 0 atom stereocenters. The minimum absolute atomic E-state index is 0.140. The summed E-state index contributed by atoms with van der Waals surface area (Å²) in [5.41, 5.74) is 5.50. The van der Waals surface area contributed by atoms with Crippen LogP contribution < -0.4 is 0 Å². The van der Waals surface area contributed by atoms with Crippen molar-refractivity contribution in [3.05, 3.63) is 82.4 Å². The van der Waals surface area contributed by atoms with Crippen LogP contribution in [0, 0.1) is 20.8 Å². The van der Waals surface area contributed by atoms with Crippen LogP contribution in [-0.2, 0) is 5.75 Å². The Balaban J connectivity index is 1.37. The number of hydrogen-bond acceptors (Lipinski definition) is 6. The molecular weight excluding hydrogens is 428 g/mol. The number of ketones is 1. The lowest BCUT2D eigenvalue weighted by atomic mass is 9.99. The second-order valence-corrected chi connectivity index (χ2v) is 10.6. The molecule has 0 aliphatic heterocycles. The highest BCUT2D eigenvalue weighted by Gasteiger charge is 2.14. The fourth-order valence-electron chi connectivity index (χ4n) is 3.34. The minimum atomic E-state index is 0.140. The molecule has 30 heavy (non-hydrogen) atoms. The van der Waals surface area contributed by atoms with Gasteiger partial charge in [-0.1, -0.05) is 83.4 Å². The first-order valence-electron chi connectivity index (χ1n) is 9.68. The van der Waals surface area contributed by atoms with Crippen LogP contribution in [-0.4, -0.2) is 21.7 Å². The molecule has 0 unspecified atom stereocenters. The Morgan fingerprint density at radius 1 is 0.867 bits per heavy atom. The molecular formula is C24H22N2OS3. The molecule has 0 fully saturated rings. The SMILES string of the molecule is Cc1cc(C)c(C(=O)CSc2nnc(SCc3cccc4ccccc34)s2)cc1C. The number of carbonyl (C=O) groups excluding carboxylic acids is 1. The maximum absolute atomic E-state index is 12.7. The van der Waals surface area contributed by atoms with E-state index in [9.17, 15) is 4.79 Å². The molecule has 0 aliphatic rings. The number of fused-ring (bicyclic) bond motifs is 1. The van der Waals surface area contributed by atoms with Gasteiger partial charge in [0.2, 0.25) is 0 Å². The molecule has 0 amide bonds. The number of aromatic nitrogens is 2. The maximum atomic E-state index is 12.7. The van der Waals surface area contributed by atoms with Crippen molar-refractivity contribution in [2.24, 2.45) is 0 Å². The molecule has 0 bridgehead atoms. The highest BCUT2D eigenvalue weighted by molar-refractivity contribution is 8.03. The largest absolute Gasteiger partial charge is 0.293 e. The third-order valence-electron chi connectivity index (χ3n) is 5.09. The van der Waals surface area contributed by atoms with Crippen molar-refractivity contribution >= 4 is 51.4 Å². The number of hydrogen-bond donors (Lipinski definition) is 0. The van der Waals surface area contributed by atoms with E-state index >= 15 is 0 Å². The van der Waals surface area contributed by atoms with E-state index in [-0.39, 0.29) is 5.78 Å². The van der Waals surface area contributed by atoms with Crippen molar-refractivity contribution in [1.82, 2.24) is 10.2 Å². The summed E-state index contributed by atoms with van der Waals surface area (Å²) in [5.74, 6) is 1.37. The summed E-state index contributed by atoms with van der Waals surface area (Å²) in [6.45, 7) is 6.12. The van der Waals surface area contributed by atoms with Gasteiger partial charge < -0.3 is 0 Å². The van der Waals surface area contributed by atoms with Crippen molar-refractivity contribution < 1.29 is 4.79 Å². The number of aryl methyl sites for hydroxylation is 3. The second kappa shape index (κ2) is 9.33. The Labute approximate surface area is 189 Å². The van der Waals surface area contributed by atoms with Gasteiger partial charge in [-0.3, -0.25) is 4.79 Å². The molecule has 0 saturated heterocycles. The van der Waals surface area contributed by atoms with Crippen LogP contribution in [0.4, 0.5) is 0 Å². The quantitative estimate of drug-likeness (QED) is 0.227. The van der Waals surface area contributed by atoms with Crippen molar-refractivity contribution in [2.45, 2.75) is 35.2 Å². The van der Waals surface area contributed by atoms with Crippen LogP contribution in [0.15, 0.2) is 63.3 Å². The summed E-state index contributed by atoms with van der Waals surface area (Å²) in [4.78, 5) is 12.7. The molecule has 152 valence electrons. The summed E-state index contributed by atoms with van der Waals surface area (Å²) >= 11 is 4.72. The topological polar surface area (TPSA) is 42.9 Å². The van der Waals surface area contributed by atoms with Gasteiger partial charge in [-0.15, -0.1) is 10.2 Å². The Morgan fingerprint density at radius 3 is 2.40 bits per heavy atom. The van der Waals surface area contributed by atoms with Gasteiger partial charge in [0.25, 0.3) is 0 Å². The molecule has 0 radical (unpaired) electrons. The minimum Gasteiger partial charge on any atom is -0.293 e. The molecule has 0 spiro atoms. The van der Waals surface area contributed by atoms with Gasteiger partial charge in [-0.25, -0.2) is 0 Å². The molecule has 1 aromatic heterocycles. The zero-order chi connectivity index (χ0) is 21.1. The van der Waals surface area contributed by atoms with E-state index in [1.54, 1.807) is 23.1 Å². The molecule has 4 rings (SSSR count). The van der Waals surface area contributed by atoms with Crippen LogP contribution in [0.5, 0.6) is 0 Å². The third kappa shape index (κ3) is 4.77. The Kier molecular flexibility index (Phi) is 6.56. The standard InChI is InChI=1S/C24H22N2OS3/c1-15-11-17(3)21(12-16(15)2)22(27)14-29-24-26-25-23(30-24)28-13-19-9-6-8-18-7-4-5-10-20(18)19/h4-12H,13-14H2,1-3H3. The highest BCUT2D eigenvalue weighted by atomic mass is 32.2. The van der Waals surface area contributed by atoms with Gasteiger partial charge in [0.15, 0.2) is 14.5 Å². The van der Waals surface area contributed by atoms with Crippen LogP contribution in [0.1, 0.15) is 32.6 Å². The van der Waals surface area contributed by atoms with Crippen LogP contribution >= 0.6 is 34.9 Å². The maximum Gasteiger partial charge on any atom is 0.175 e. The number of thioether (sulfide) groups is 2. The zero-order valence-corrected chi connectivity index (χ0v) is 19.6. The van der Waals surface area contributed by atoms with Crippen molar-refractivity contribution in [3.63, 3.8) is 0 Å². The Bertz CT molecular complexity index is 1210. The fraction of sp³-hybridized carbons (Fsp3) is 0.208. The summed E-state index contributed by atoms with van der Waals surface area (Å²) in [5, 5.41) is 11.1. The van der Waals surface area contributed by atoms with E-state index in [1.165, 1.54) is 33.7 Å². The van der Waals surface area contributed by atoms with Gasteiger partial charge in [0.05, 0.1) is 5.75 Å². The molecule has 0 aliphatic carbocycles. The van der Waals surface area contributed by atoms with Crippen molar-refractivity contribution in [2.75, 3.05) is 5.75 Å². The van der Waals surface area contributed by atoms with Gasteiger partial charge in [0.1, 0.15) is 0 Å². The first-order valence-corrected chi connectivity index (χ1v) is 12.5. The molecule has 6 heteroatoms. The summed E-state index contributed by atoms with van der Waals surface area (Å²) in [7, 11) is 0. The lowest BCUT2D eigenvalue weighted by Crippen LogP contribution is -2.06. The van der Waals surface area contributed by atoms with Crippen LogP contribution in [0.25, 0.3) is 10.8 Å². The van der Waals surface area contributed by atoms with Gasteiger partial charge in [-0.05, 0) is 59.9 Å². The van der Waals surface area contributed by atoms with E-state index in [0.29, 0.717) is 5.75 Å². The van der Waals surface area contributed by atoms with Gasteiger partial charge in [-0.2, -0.15) is 0 Å². The lowest BCUT2D eigenvalue weighted by Gasteiger charge is -2.08. The summed E-state index contributed by atoms with van der Waals surface area (Å²) in [6.07, 6.45) is 0. The first-order chi connectivity index (χ1) is 14.5. The lowest BCUT2D eigenvalue weighted by molar-refractivity contribution is 0.102. The number of benzene rings is 3. The van der Waals surface area contributed by atoms with Crippen molar-refractivity contribution in [1.29, 1.82) is 0 Å². The first kappa shape index (κ1) is 21.1. The number of rotatable bonds is 7. The average molecular weight is 451 g/mol. The van der Waals surface area contributed by atoms with E-state index in [1.807, 2.05) is 19.9 Å². The predicted molar refractivity (Wildman–Crippen MR) is 129 cm³/mol.